The van der Waals surface area contributed by atoms with E-state index >= 15 is 0 Å². The lowest BCUT2D eigenvalue weighted by Crippen LogP contribution is -2.00. The minimum Gasteiger partial charge on any atom is -0.330 e. The molecule has 2 rings (SSSR count). The molecule has 0 atom stereocenters. The second-order valence-corrected chi connectivity index (χ2v) is 4.48. The Morgan fingerprint density at radius 3 is 2.92 bits per heavy atom. The summed E-state index contributed by atoms with van der Waals surface area (Å²) in [5.41, 5.74) is 5.49. The van der Waals surface area contributed by atoms with Gasteiger partial charge in [-0.1, -0.05) is 17.7 Å². The number of hydrogen-bond acceptors (Lipinski definition) is 2. The van der Waals surface area contributed by atoms with Gasteiger partial charge in [0.2, 0.25) is 0 Å². The van der Waals surface area contributed by atoms with Crippen LogP contribution in [0.4, 0.5) is 0 Å². The van der Waals surface area contributed by atoms with Crippen molar-refractivity contribution in [3.05, 3.63) is 34.2 Å². The monoisotopic (exact) mass is 211 g/mol. The molecule has 0 radical (unpaired) electrons. The third kappa shape index (κ3) is 1.70. The molecule has 2 aromatic rings. The first-order valence-electron chi connectivity index (χ1n) is 4.18. The second kappa shape index (κ2) is 3.66. The molecular weight excluding hydrogens is 202 g/mol. The molecule has 0 aliphatic rings. The van der Waals surface area contributed by atoms with Gasteiger partial charge in [-0.25, -0.2) is 0 Å². The number of fused-ring (bicyclic) bond motifs is 1. The molecule has 0 spiro atoms. The fourth-order valence-corrected chi connectivity index (χ4v) is 2.73. The molecule has 0 unspecified atom stereocenters. The molecule has 0 bridgehead atoms. The summed E-state index contributed by atoms with van der Waals surface area (Å²) in [6, 6.07) is 8.12. The maximum absolute atomic E-state index is 6.05. The van der Waals surface area contributed by atoms with E-state index in [4.69, 9.17) is 17.3 Å². The van der Waals surface area contributed by atoms with Gasteiger partial charge in [-0.15, -0.1) is 11.3 Å². The van der Waals surface area contributed by atoms with Crippen molar-refractivity contribution in [2.24, 2.45) is 5.73 Å². The van der Waals surface area contributed by atoms with Gasteiger partial charge in [0.15, 0.2) is 0 Å². The normalized spacial score (nSPS) is 10.9. The Morgan fingerprint density at radius 1 is 1.38 bits per heavy atom. The molecule has 0 saturated heterocycles. The number of thiophene rings is 1. The lowest BCUT2D eigenvalue weighted by atomic mass is 10.2. The Kier molecular flexibility index (Phi) is 2.54. The van der Waals surface area contributed by atoms with E-state index < -0.39 is 0 Å². The van der Waals surface area contributed by atoms with Crippen molar-refractivity contribution < 1.29 is 0 Å². The van der Waals surface area contributed by atoms with Crippen molar-refractivity contribution in [2.45, 2.75) is 6.42 Å². The van der Waals surface area contributed by atoms with Gasteiger partial charge in [0.05, 0.1) is 0 Å². The molecule has 1 aromatic heterocycles. The van der Waals surface area contributed by atoms with Crippen LogP contribution in [0.25, 0.3) is 10.1 Å². The lowest BCUT2D eigenvalue weighted by molar-refractivity contribution is 0.989. The van der Waals surface area contributed by atoms with Gasteiger partial charge >= 0.3 is 0 Å². The Morgan fingerprint density at radius 2 is 2.23 bits per heavy atom. The second-order valence-electron chi connectivity index (χ2n) is 2.90. The molecule has 0 amide bonds. The van der Waals surface area contributed by atoms with E-state index in [1.807, 2.05) is 12.1 Å². The number of halogens is 1. The summed E-state index contributed by atoms with van der Waals surface area (Å²) in [6.45, 7) is 0.699. The zero-order valence-corrected chi connectivity index (χ0v) is 8.66. The van der Waals surface area contributed by atoms with Crippen LogP contribution < -0.4 is 5.73 Å². The van der Waals surface area contributed by atoms with E-state index in [1.165, 1.54) is 9.58 Å². The largest absolute Gasteiger partial charge is 0.330 e. The Labute approximate surface area is 86.1 Å². The Bertz CT molecular complexity index is 422. The topological polar surface area (TPSA) is 26.0 Å². The summed E-state index contributed by atoms with van der Waals surface area (Å²) in [5, 5.41) is 1.98. The Balaban J connectivity index is 2.55. The summed E-state index contributed by atoms with van der Waals surface area (Å²) >= 11 is 7.82. The van der Waals surface area contributed by atoms with Crippen LogP contribution in [-0.2, 0) is 6.42 Å². The SMILES string of the molecule is NCCc1cc2c(Cl)cccc2s1. The van der Waals surface area contributed by atoms with Gasteiger partial charge in [0.25, 0.3) is 0 Å². The molecular formula is C10H10ClNS. The molecule has 0 fully saturated rings. The average Bonchev–Trinajstić information content (AvgIpc) is 2.49. The van der Waals surface area contributed by atoms with Gasteiger partial charge in [-0.05, 0) is 31.2 Å². The highest BCUT2D eigenvalue weighted by Crippen LogP contribution is 2.30. The van der Waals surface area contributed by atoms with E-state index in [0.29, 0.717) is 6.54 Å². The van der Waals surface area contributed by atoms with Crippen LogP contribution >= 0.6 is 22.9 Å². The third-order valence-corrected chi connectivity index (χ3v) is 3.44. The predicted octanol–water partition coefficient (Wildman–Crippen LogP) is 3.06. The van der Waals surface area contributed by atoms with Crippen molar-refractivity contribution in [1.29, 1.82) is 0 Å². The van der Waals surface area contributed by atoms with Crippen LogP contribution in [-0.4, -0.2) is 6.54 Å². The predicted molar refractivity (Wildman–Crippen MR) is 59.6 cm³/mol. The Hall–Kier alpha value is -0.570. The van der Waals surface area contributed by atoms with Crippen molar-refractivity contribution in [1.82, 2.24) is 0 Å². The summed E-state index contributed by atoms with van der Waals surface area (Å²) in [4.78, 5) is 1.31. The molecule has 3 heteroatoms. The average molecular weight is 212 g/mol. The molecule has 0 aliphatic carbocycles. The minimum atomic E-state index is 0.699. The van der Waals surface area contributed by atoms with Gasteiger partial charge in [0, 0.05) is 20.0 Å². The molecule has 0 saturated carbocycles. The third-order valence-electron chi connectivity index (χ3n) is 1.95. The molecule has 2 N–H and O–H groups in total. The fourth-order valence-electron chi connectivity index (χ4n) is 1.34. The molecule has 0 aliphatic heterocycles. The van der Waals surface area contributed by atoms with E-state index in [-0.39, 0.29) is 0 Å². The number of hydrogen-bond donors (Lipinski definition) is 1. The zero-order valence-electron chi connectivity index (χ0n) is 7.09. The van der Waals surface area contributed by atoms with E-state index in [1.54, 1.807) is 11.3 Å². The number of benzene rings is 1. The highest BCUT2D eigenvalue weighted by Gasteiger charge is 2.03. The fraction of sp³-hybridized carbons (Fsp3) is 0.200. The maximum Gasteiger partial charge on any atom is 0.0492 e. The molecule has 13 heavy (non-hydrogen) atoms. The molecule has 1 heterocycles. The number of rotatable bonds is 2. The number of nitrogens with two attached hydrogens (primary N) is 1. The van der Waals surface area contributed by atoms with Crippen molar-refractivity contribution in [2.75, 3.05) is 6.54 Å². The first-order chi connectivity index (χ1) is 6.31. The molecule has 1 nitrogen and oxygen atoms in total. The van der Waals surface area contributed by atoms with Gasteiger partial charge in [0.1, 0.15) is 0 Å². The van der Waals surface area contributed by atoms with Gasteiger partial charge in [-0.3, -0.25) is 0 Å². The van der Waals surface area contributed by atoms with Crippen molar-refractivity contribution >= 4 is 33.0 Å². The van der Waals surface area contributed by atoms with Gasteiger partial charge < -0.3 is 5.73 Å². The summed E-state index contributed by atoms with van der Waals surface area (Å²) in [7, 11) is 0. The van der Waals surface area contributed by atoms with Crippen molar-refractivity contribution in [3.63, 3.8) is 0 Å². The standard InChI is InChI=1S/C10H10ClNS/c11-9-2-1-3-10-8(9)6-7(13-10)4-5-12/h1-3,6H,4-5,12H2. The van der Waals surface area contributed by atoms with Crippen LogP contribution in [0, 0.1) is 0 Å². The van der Waals surface area contributed by atoms with Crippen LogP contribution in [0.1, 0.15) is 4.88 Å². The van der Waals surface area contributed by atoms with Crippen molar-refractivity contribution in [3.8, 4) is 0 Å². The first-order valence-corrected chi connectivity index (χ1v) is 5.37. The van der Waals surface area contributed by atoms with Crippen LogP contribution in [0.15, 0.2) is 24.3 Å². The van der Waals surface area contributed by atoms with E-state index in [2.05, 4.69) is 12.1 Å². The van der Waals surface area contributed by atoms with E-state index in [0.717, 1.165) is 16.8 Å². The lowest BCUT2D eigenvalue weighted by Gasteiger charge is -1.89. The quantitative estimate of drug-likeness (QED) is 0.812. The smallest absolute Gasteiger partial charge is 0.0492 e. The highest BCUT2D eigenvalue weighted by molar-refractivity contribution is 7.19. The minimum absolute atomic E-state index is 0.699. The summed E-state index contributed by atoms with van der Waals surface area (Å²) in [6.07, 6.45) is 0.940. The summed E-state index contributed by atoms with van der Waals surface area (Å²) < 4.78 is 1.25. The highest BCUT2D eigenvalue weighted by atomic mass is 35.5. The maximum atomic E-state index is 6.05. The first kappa shape index (κ1) is 9.00. The molecule has 1 aromatic carbocycles. The van der Waals surface area contributed by atoms with Crippen LogP contribution in [0.3, 0.4) is 0 Å². The zero-order chi connectivity index (χ0) is 9.26. The van der Waals surface area contributed by atoms with Gasteiger partial charge in [-0.2, -0.15) is 0 Å². The van der Waals surface area contributed by atoms with Crippen LogP contribution in [0.5, 0.6) is 0 Å². The van der Waals surface area contributed by atoms with E-state index in [9.17, 15) is 0 Å². The molecule has 68 valence electrons. The summed E-state index contributed by atoms with van der Waals surface area (Å²) in [5.74, 6) is 0. The van der Waals surface area contributed by atoms with Crippen LogP contribution in [0.2, 0.25) is 5.02 Å².